The molecule has 0 radical (unpaired) electrons. The van der Waals surface area contributed by atoms with Crippen LogP contribution in [0.5, 0.6) is 11.5 Å². The maximum atomic E-state index is 11.7. The molecule has 6 aliphatic rings. The number of likely N-dealkylation sites (tertiary alicyclic amines) is 1. The lowest BCUT2D eigenvalue weighted by Crippen LogP contribution is -2.80. The zero-order chi connectivity index (χ0) is 21.1. The zero-order valence-corrected chi connectivity index (χ0v) is 19.7. The molecule has 7 atom stereocenters. The topological polar surface area (TPSA) is 62.2 Å². The molecule has 6 heteroatoms. The average Bonchev–Trinajstić information content (AvgIpc) is 3.09. The minimum Gasteiger partial charge on any atom is -0.504 e. The van der Waals surface area contributed by atoms with E-state index in [-0.39, 0.29) is 41.0 Å². The smallest absolute Gasteiger partial charge is 0.165 e. The predicted octanol–water partition coefficient (Wildman–Crippen LogP) is 3.59. The highest BCUT2D eigenvalue weighted by molar-refractivity contribution is 5.85. The third-order valence-corrected chi connectivity index (χ3v) is 9.58. The van der Waals surface area contributed by atoms with Crippen LogP contribution < -0.4 is 4.74 Å². The number of aromatic hydroxyl groups is 1. The molecule has 5 nitrogen and oxygen atoms in total. The van der Waals surface area contributed by atoms with Crippen molar-refractivity contribution in [1.29, 1.82) is 0 Å². The Morgan fingerprint density at radius 2 is 2.10 bits per heavy atom. The molecule has 0 amide bonds. The molecule has 0 aromatic heterocycles. The number of rotatable bonds is 4. The van der Waals surface area contributed by atoms with E-state index in [4.69, 9.17) is 9.47 Å². The summed E-state index contributed by atoms with van der Waals surface area (Å²) in [7, 11) is 4.00. The number of ether oxygens (including phenoxy) is 2. The lowest BCUT2D eigenvalue weighted by Gasteiger charge is -2.72. The highest BCUT2D eigenvalue weighted by atomic mass is 35.5. The predicted molar refractivity (Wildman–Crippen MR) is 121 cm³/mol. The molecule has 1 saturated heterocycles. The molecule has 1 aromatic carbocycles. The number of phenolic OH excluding ortho intramolecular Hbond substituents is 1. The minimum absolute atomic E-state index is 0. The van der Waals surface area contributed by atoms with Crippen molar-refractivity contribution in [3.63, 3.8) is 0 Å². The monoisotopic (exact) mass is 447 g/mol. The number of piperidine rings is 1. The van der Waals surface area contributed by atoms with Gasteiger partial charge in [0.2, 0.25) is 0 Å². The first-order valence-corrected chi connectivity index (χ1v) is 11.5. The zero-order valence-electron chi connectivity index (χ0n) is 18.9. The van der Waals surface area contributed by atoms with Gasteiger partial charge < -0.3 is 24.6 Å². The van der Waals surface area contributed by atoms with Gasteiger partial charge in [0, 0.05) is 30.0 Å². The second kappa shape index (κ2) is 6.40. The molecular formula is C25H34ClNO4. The van der Waals surface area contributed by atoms with E-state index in [0.717, 1.165) is 38.6 Å². The summed E-state index contributed by atoms with van der Waals surface area (Å²) >= 11 is 0. The first-order valence-electron chi connectivity index (χ1n) is 11.5. The summed E-state index contributed by atoms with van der Waals surface area (Å²) in [5.74, 6) is 0.823. The molecule has 7 rings (SSSR count). The molecule has 31 heavy (non-hydrogen) atoms. The molecule has 2 fully saturated rings. The van der Waals surface area contributed by atoms with Gasteiger partial charge in [0.05, 0.1) is 11.0 Å². The van der Waals surface area contributed by atoms with E-state index in [1.165, 1.54) is 11.1 Å². The fourth-order valence-electron chi connectivity index (χ4n) is 8.44. The summed E-state index contributed by atoms with van der Waals surface area (Å²) < 4.78 is 13.1. The van der Waals surface area contributed by atoms with Crippen LogP contribution in [-0.4, -0.2) is 59.2 Å². The molecular weight excluding hydrogens is 414 g/mol. The highest BCUT2D eigenvalue weighted by Gasteiger charge is 2.80. The summed E-state index contributed by atoms with van der Waals surface area (Å²) in [5.41, 5.74) is 0.625. The van der Waals surface area contributed by atoms with E-state index in [1.807, 2.05) is 6.92 Å². The maximum absolute atomic E-state index is 11.7. The fourth-order valence-corrected chi connectivity index (χ4v) is 8.44. The van der Waals surface area contributed by atoms with Gasteiger partial charge >= 0.3 is 0 Å². The Balaban J connectivity index is 0.00000204. The quantitative estimate of drug-likeness (QED) is 0.691. The lowest BCUT2D eigenvalue weighted by molar-refractivity contribution is -0.247. The highest BCUT2D eigenvalue weighted by Crippen LogP contribution is 2.75. The first-order chi connectivity index (χ1) is 14.3. The van der Waals surface area contributed by atoms with E-state index < -0.39 is 11.2 Å². The number of methoxy groups -OCH3 is 1. The van der Waals surface area contributed by atoms with Crippen LogP contribution in [0.15, 0.2) is 24.3 Å². The molecule has 4 aliphatic carbocycles. The van der Waals surface area contributed by atoms with Crippen LogP contribution in [0, 0.1) is 11.3 Å². The third kappa shape index (κ3) is 2.15. The van der Waals surface area contributed by atoms with E-state index in [9.17, 15) is 10.2 Å². The third-order valence-electron chi connectivity index (χ3n) is 9.58. The number of likely N-dealkylation sites (N-methyl/N-ethyl adjacent to an activating group) is 1. The van der Waals surface area contributed by atoms with Crippen LogP contribution in [0.2, 0.25) is 0 Å². The van der Waals surface area contributed by atoms with Gasteiger partial charge in [-0.05, 0) is 57.8 Å². The van der Waals surface area contributed by atoms with Crippen molar-refractivity contribution >= 4 is 12.4 Å². The number of benzene rings is 1. The number of nitrogens with zero attached hydrogens (tertiary/aromatic N) is 1. The standard InChI is InChI=1S/C25H33NO4.ClH/c1-5-8-22(2,28)17-14-23-9-10-25(17,29-4)21-24(23)11-12-26(3)18(23)13-15-6-7-16(27)20(30-21)19(15)24;/h6-7,9-10,17-18,21,27-28H,5,8,11-14H2,1-4H3;1H/t17-,18+,21+,22-,23+,24-,25+;/m0./s1. The number of hydrogen-bond donors (Lipinski definition) is 2. The van der Waals surface area contributed by atoms with Crippen molar-refractivity contribution < 1.29 is 19.7 Å². The van der Waals surface area contributed by atoms with Gasteiger partial charge in [-0.25, -0.2) is 0 Å². The second-order valence-electron chi connectivity index (χ2n) is 10.7. The molecule has 0 unspecified atom stereocenters. The Bertz CT molecular complexity index is 963. The van der Waals surface area contributed by atoms with Crippen LogP contribution in [0.1, 0.15) is 50.7 Å². The molecule has 2 N–H and O–H groups in total. The Morgan fingerprint density at radius 1 is 1.32 bits per heavy atom. The molecule has 4 bridgehead atoms. The second-order valence-corrected chi connectivity index (χ2v) is 10.7. The summed E-state index contributed by atoms with van der Waals surface area (Å²) in [6.07, 6.45) is 8.86. The molecule has 2 spiro atoms. The minimum atomic E-state index is -0.850. The molecule has 2 aliphatic heterocycles. The van der Waals surface area contributed by atoms with Gasteiger partial charge in [0.25, 0.3) is 0 Å². The number of phenols is 1. The normalized spacial score (nSPS) is 43.1. The van der Waals surface area contributed by atoms with E-state index in [0.29, 0.717) is 11.8 Å². The van der Waals surface area contributed by atoms with Crippen LogP contribution >= 0.6 is 12.4 Å². The van der Waals surface area contributed by atoms with Crippen molar-refractivity contribution in [2.24, 2.45) is 11.3 Å². The van der Waals surface area contributed by atoms with Gasteiger partial charge in [-0.2, -0.15) is 0 Å². The Kier molecular flexibility index (Phi) is 4.46. The van der Waals surface area contributed by atoms with E-state index in [2.05, 4.69) is 37.1 Å². The van der Waals surface area contributed by atoms with Crippen LogP contribution in [0.3, 0.4) is 0 Å². The van der Waals surface area contributed by atoms with Crippen molar-refractivity contribution in [1.82, 2.24) is 4.90 Å². The van der Waals surface area contributed by atoms with E-state index in [1.54, 1.807) is 13.2 Å². The van der Waals surface area contributed by atoms with Gasteiger partial charge in [0.15, 0.2) is 11.5 Å². The summed E-state index contributed by atoms with van der Waals surface area (Å²) in [6.45, 7) is 5.11. The van der Waals surface area contributed by atoms with Crippen LogP contribution in [0.4, 0.5) is 0 Å². The van der Waals surface area contributed by atoms with Gasteiger partial charge in [0.1, 0.15) is 11.7 Å². The van der Waals surface area contributed by atoms with Crippen LogP contribution in [-0.2, 0) is 16.6 Å². The van der Waals surface area contributed by atoms with Crippen molar-refractivity contribution in [2.45, 2.75) is 74.7 Å². The SMILES string of the molecule is CCC[C@](C)(O)[C@@H]1C[C@@]23C=C[C@]1(OC)[C@@H]1Oc4c(O)ccc5c4[C@@]12CCN(C)[C@@H]3C5.Cl. The van der Waals surface area contributed by atoms with Gasteiger partial charge in [-0.15, -0.1) is 12.4 Å². The van der Waals surface area contributed by atoms with Gasteiger partial charge in [-0.1, -0.05) is 31.6 Å². The Labute approximate surface area is 190 Å². The number of halogens is 1. The molecule has 170 valence electrons. The number of hydrogen-bond acceptors (Lipinski definition) is 5. The fraction of sp³-hybridized carbons (Fsp3) is 0.680. The lowest BCUT2D eigenvalue weighted by atomic mass is 9.36. The number of aliphatic hydroxyl groups is 1. The molecule has 2 heterocycles. The van der Waals surface area contributed by atoms with Crippen LogP contribution in [0.25, 0.3) is 0 Å². The Hall–Kier alpha value is -1.27. The van der Waals surface area contributed by atoms with Crippen molar-refractivity contribution in [2.75, 3.05) is 20.7 Å². The number of fused-ring (bicyclic) bond motifs is 1. The summed E-state index contributed by atoms with van der Waals surface area (Å²) in [5, 5.41) is 22.4. The maximum Gasteiger partial charge on any atom is 0.165 e. The average molecular weight is 448 g/mol. The summed E-state index contributed by atoms with van der Waals surface area (Å²) in [6, 6.07) is 4.23. The van der Waals surface area contributed by atoms with E-state index >= 15 is 0 Å². The largest absolute Gasteiger partial charge is 0.504 e. The Morgan fingerprint density at radius 3 is 2.81 bits per heavy atom. The van der Waals surface area contributed by atoms with Crippen molar-refractivity contribution in [3.8, 4) is 11.5 Å². The summed E-state index contributed by atoms with van der Waals surface area (Å²) in [4.78, 5) is 2.51. The molecule has 1 saturated carbocycles. The van der Waals surface area contributed by atoms with Crippen molar-refractivity contribution in [3.05, 3.63) is 35.4 Å². The first kappa shape index (κ1) is 21.6. The van der Waals surface area contributed by atoms with Gasteiger partial charge in [-0.3, -0.25) is 0 Å². The molecule has 1 aromatic rings.